The molecule has 0 unspecified atom stereocenters. The molecule has 0 amide bonds. The number of hydrogen-bond acceptors (Lipinski definition) is 5. The second-order valence-electron chi connectivity index (χ2n) is 5.33. The van der Waals surface area contributed by atoms with E-state index < -0.39 is 9.84 Å². The van der Waals surface area contributed by atoms with Gasteiger partial charge in [0.25, 0.3) is 0 Å². The first-order chi connectivity index (χ1) is 10.1. The molecule has 0 spiro atoms. The quantitative estimate of drug-likeness (QED) is 0.876. The number of nitrogens with two attached hydrogens (primary N) is 1. The highest BCUT2D eigenvalue weighted by Gasteiger charge is 2.28. The smallest absolute Gasteiger partial charge is 0.157 e. The van der Waals surface area contributed by atoms with E-state index >= 15 is 0 Å². The lowest BCUT2D eigenvalue weighted by atomic mass is 10.1. The van der Waals surface area contributed by atoms with Gasteiger partial charge in [0.2, 0.25) is 0 Å². The van der Waals surface area contributed by atoms with Crippen LogP contribution in [0.2, 0.25) is 0 Å². The molecule has 6 heteroatoms. The molecule has 3 rings (SSSR count). The third-order valence-electron chi connectivity index (χ3n) is 3.92. The average Bonchev–Trinajstić information content (AvgIpc) is 2.51. The minimum Gasteiger partial charge on any atom is -0.398 e. The van der Waals surface area contributed by atoms with Crippen LogP contribution in [0.3, 0.4) is 0 Å². The second-order valence-corrected chi connectivity index (χ2v) is 7.61. The van der Waals surface area contributed by atoms with E-state index in [2.05, 4.69) is 4.98 Å². The molecule has 21 heavy (non-hydrogen) atoms. The molecular weight excluding hydrogens is 288 g/mol. The number of ether oxygens (including phenoxy) is 1. The van der Waals surface area contributed by atoms with Gasteiger partial charge in [0.05, 0.1) is 16.5 Å². The third-order valence-corrected chi connectivity index (χ3v) is 6.12. The van der Waals surface area contributed by atoms with Crippen molar-refractivity contribution in [2.24, 2.45) is 0 Å². The number of pyridine rings is 1. The van der Waals surface area contributed by atoms with Crippen LogP contribution in [0.4, 0.5) is 5.69 Å². The molecule has 0 saturated carbocycles. The van der Waals surface area contributed by atoms with Gasteiger partial charge in [0, 0.05) is 30.5 Å². The van der Waals surface area contributed by atoms with Gasteiger partial charge in [-0.1, -0.05) is 6.07 Å². The molecule has 2 aromatic rings. The van der Waals surface area contributed by atoms with Crippen molar-refractivity contribution in [3.8, 4) is 0 Å². The van der Waals surface area contributed by atoms with Crippen LogP contribution in [-0.2, 0) is 20.3 Å². The normalized spacial score (nSPS) is 17.1. The first-order valence-electron chi connectivity index (χ1n) is 6.99. The SMILES string of the molecule is Nc1ccc(CS(=O)(=O)C2CCOCC2)c2ncccc12. The monoisotopic (exact) mass is 306 g/mol. The Morgan fingerprint density at radius 3 is 2.76 bits per heavy atom. The maximum Gasteiger partial charge on any atom is 0.157 e. The number of sulfone groups is 1. The number of hydrogen-bond donors (Lipinski definition) is 1. The lowest BCUT2D eigenvalue weighted by molar-refractivity contribution is 0.0983. The van der Waals surface area contributed by atoms with Crippen molar-refractivity contribution in [2.45, 2.75) is 23.8 Å². The molecule has 1 saturated heterocycles. The molecule has 5 nitrogen and oxygen atoms in total. The lowest BCUT2D eigenvalue weighted by Crippen LogP contribution is -2.29. The standard InChI is InChI=1S/C15H18N2O3S/c16-14-4-3-11(15-13(14)2-1-7-17-15)10-21(18,19)12-5-8-20-9-6-12/h1-4,7,12H,5-6,8-10,16H2. The first-order valence-corrected chi connectivity index (χ1v) is 8.71. The maximum atomic E-state index is 12.6. The highest BCUT2D eigenvalue weighted by atomic mass is 32.2. The Kier molecular flexibility index (Phi) is 3.82. The van der Waals surface area contributed by atoms with Crippen LogP contribution in [0.15, 0.2) is 30.5 Å². The molecule has 0 atom stereocenters. The summed E-state index contributed by atoms with van der Waals surface area (Å²) in [6.45, 7) is 1.04. The summed E-state index contributed by atoms with van der Waals surface area (Å²) in [6, 6.07) is 7.18. The van der Waals surface area contributed by atoms with E-state index in [9.17, 15) is 8.42 Å². The number of nitrogens with zero attached hydrogens (tertiary/aromatic N) is 1. The van der Waals surface area contributed by atoms with Crippen molar-refractivity contribution in [2.75, 3.05) is 18.9 Å². The summed E-state index contributed by atoms with van der Waals surface area (Å²) in [5, 5.41) is 0.486. The highest BCUT2D eigenvalue weighted by molar-refractivity contribution is 7.91. The van der Waals surface area contributed by atoms with Crippen molar-refractivity contribution in [3.63, 3.8) is 0 Å². The van der Waals surface area contributed by atoms with Crippen LogP contribution in [0.1, 0.15) is 18.4 Å². The second kappa shape index (κ2) is 5.61. The van der Waals surface area contributed by atoms with Crippen LogP contribution in [0.5, 0.6) is 0 Å². The zero-order valence-electron chi connectivity index (χ0n) is 11.7. The Hall–Kier alpha value is -1.66. The summed E-state index contributed by atoms with van der Waals surface area (Å²) in [4.78, 5) is 4.30. The van der Waals surface area contributed by atoms with Gasteiger partial charge in [-0.15, -0.1) is 0 Å². The predicted octanol–water partition coefficient (Wildman–Crippen LogP) is 1.91. The number of anilines is 1. The minimum absolute atomic E-state index is 0.00542. The molecular formula is C15H18N2O3S. The van der Waals surface area contributed by atoms with Crippen molar-refractivity contribution in [3.05, 3.63) is 36.0 Å². The van der Waals surface area contributed by atoms with Crippen LogP contribution in [0, 0.1) is 0 Å². The van der Waals surface area contributed by atoms with E-state index in [0.717, 1.165) is 5.39 Å². The summed E-state index contributed by atoms with van der Waals surface area (Å²) in [7, 11) is -3.20. The average molecular weight is 306 g/mol. The van der Waals surface area contributed by atoms with Gasteiger partial charge in [-0.25, -0.2) is 8.42 Å². The molecule has 112 valence electrons. The van der Waals surface area contributed by atoms with E-state index in [1.54, 1.807) is 24.4 Å². The van der Waals surface area contributed by atoms with Crippen LogP contribution in [0.25, 0.3) is 10.9 Å². The van der Waals surface area contributed by atoms with Crippen molar-refractivity contribution in [1.29, 1.82) is 0 Å². The summed E-state index contributed by atoms with van der Waals surface area (Å²) in [6.07, 6.45) is 2.80. The number of fused-ring (bicyclic) bond motifs is 1. The van der Waals surface area contributed by atoms with Gasteiger partial charge < -0.3 is 10.5 Å². The zero-order valence-corrected chi connectivity index (χ0v) is 12.5. The molecule has 0 aliphatic carbocycles. The number of aromatic nitrogens is 1. The van der Waals surface area contributed by atoms with Crippen LogP contribution >= 0.6 is 0 Å². The van der Waals surface area contributed by atoms with Crippen molar-refractivity contribution in [1.82, 2.24) is 4.98 Å². The number of benzene rings is 1. The van der Waals surface area contributed by atoms with Gasteiger partial charge >= 0.3 is 0 Å². The molecule has 1 fully saturated rings. The van der Waals surface area contributed by atoms with Gasteiger partial charge in [-0.05, 0) is 36.6 Å². The summed E-state index contributed by atoms with van der Waals surface area (Å²) < 4.78 is 30.4. The maximum absolute atomic E-state index is 12.6. The molecule has 1 aromatic heterocycles. The fraction of sp³-hybridized carbons (Fsp3) is 0.400. The van der Waals surface area contributed by atoms with Gasteiger partial charge in [0.15, 0.2) is 9.84 Å². The largest absolute Gasteiger partial charge is 0.398 e. The van der Waals surface area contributed by atoms with Gasteiger partial charge in [-0.2, -0.15) is 0 Å². The Morgan fingerprint density at radius 2 is 2.00 bits per heavy atom. The molecule has 1 aromatic carbocycles. The van der Waals surface area contributed by atoms with Gasteiger partial charge in [0.1, 0.15) is 0 Å². The third kappa shape index (κ3) is 2.87. The summed E-state index contributed by atoms with van der Waals surface area (Å²) >= 11 is 0. The van der Waals surface area contributed by atoms with E-state index in [1.807, 2.05) is 6.07 Å². The molecule has 2 heterocycles. The molecule has 2 N–H and O–H groups in total. The Morgan fingerprint density at radius 1 is 1.24 bits per heavy atom. The van der Waals surface area contributed by atoms with E-state index in [4.69, 9.17) is 10.5 Å². The Balaban J connectivity index is 1.96. The zero-order chi connectivity index (χ0) is 14.9. The number of nitrogen functional groups attached to an aromatic ring is 1. The fourth-order valence-electron chi connectivity index (χ4n) is 2.74. The number of rotatable bonds is 3. The first kappa shape index (κ1) is 14.3. The topological polar surface area (TPSA) is 82.3 Å². The minimum atomic E-state index is -3.20. The molecule has 1 aliphatic heterocycles. The highest BCUT2D eigenvalue weighted by Crippen LogP contribution is 2.26. The van der Waals surface area contributed by atoms with Gasteiger partial charge in [-0.3, -0.25) is 4.98 Å². The Bertz CT molecular complexity index is 753. The lowest BCUT2D eigenvalue weighted by Gasteiger charge is -2.22. The predicted molar refractivity (Wildman–Crippen MR) is 82.6 cm³/mol. The fourth-order valence-corrected chi connectivity index (χ4v) is 4.55. The molecule has 1 aliphatic rings. The molecule has 0 bridgehead atoms. The van der Waals surface area contributed by atoms with Crippen LogP contribution < -0.4 is 5.73 Å². The van der Waals surface area contributed by atoms with E-state index in [0.29, 0.717) is 42.8 Å². The van der Waals surface area contributed by atoms with E-state index in [1.165, 1.54) is 0 Å². The summed E-state index contributed by atoms with van der Waals surface area (Å²) in [5.74, 6) is 0.00542. The van der Waals surface area contributed by atoms with Crippen LogP contribution in [-0.4, -0.2) is 31.9 Å². The van der Waals surface area contributed by atoms with Crippen molar-refractivity contribution >= 4 is 26.4 Å². The van der Waals surface area contributed by atoms with E-state index in [-0.39, 0.29) is 11.0 Å². The van der Waals surface area contributed by atoms with Crippen molar-refractivity contribution < 1.29 is 13.2 Å². The Labute approximate surface area is 124 Å². The molecule has 0 radical (unpaired) electrons. The summed E-state index contributed by atoms with van der Waals surface area (Å²) in [5.41, 5.74) is 7.93.